The first-order valence-corrected chi connectivity index (χ1v) is 9.04. The van der Waals surface area contributed by atoms with Crippen LogP contribution in [0.25, 0.3) is 0 Å². The van der Waals surface area contributed by atoms with Gasteiger partial charge < -0.3 is 24.4 Å². The molecule has 0 bridgehead atoms. The zero-order valence-corrected chi connectivity index (χ0v) is 16.4. The highest BCUT2D eigenvalue weighted by Crippen LogP contribution is 2.32. The molecule has 0 saturated carbocycles. The van der Waals surface area contributed by atoms with Crippen LogP contribution in [-0.2, 0) is 4.79 Å². The van der Waals surface area contributed by atoms with E-state index in [2.05, 4.69) is 10.1 Å². The highest BCUT2D eigenvalue weighted by Gasteiger charge is 2.31. The molecule has 0 aromatic heterocycles. The molecule has 3 rings (SSSR count). The smallest absolute Gasteiger partial charge is 0.387 e. The van der Waals surface area contributed by atoms with Gasteiger partial charge in [-0.15, -0.1) is 0 Å². The Hall–Kier alpha value is -3.56. The van der Waals surface area contributed by atoms with Crippen LogP contribution in [0, 0.1) is 0 Å². The number of hydrogen-bond donors (Lipinski definition) is 1. The van der Waals surface area contributed by atoms with Crippen molar-refractivity contribution in [3.05, 3.63) is 42.5 Å². The number of urea groups is 1. The maximum Gasteiger partial charge on any atom is 0.387 e. The van der Waals surface area contributed by atoms with E-state index in [-0.39, 0.29) is 18.3 Å². The van der Waals surface area contributed by atoms with Crippen molar-refractivity contribution in [3.8, 4) is 17.2 Å². The molecule has 0 aliphatic carbocycles. The SMILES string of the molecule is COc1ccc(N2CCN(CC(=O)Nc3cccc(OC(F)F)c3)C2=O)cc1OC. The lowest BCUT2D eigenvalue weighted by atomic mass is 10.2. The van der Waals surface area contributed by atoms with Crippen LogP contribution in [0.2, 0.25) is 0 Å². The maximum absolute atomic E-state index is 12.7. The Bertz CT molecular complexity index is 925. The zero-order valence-electron chi connectivity index (χ0n) is 16.4. The number of halogens is 2. The van der Waals surface area contributed by atoms with E-state index in [1.807, 2.05) is 0 Å². The molecule has 0 unspecified atom stereocenters. The third-order valence-electron chi connectivity index (χ3n) is 4.45. The summed E-state index contributed by atoms with van der Waals surface area (Å²) >= 11 is 0. The molecule has 0 atom stereocenters. The first-order chi connectivity index (χ1) is 14.4. The van der Waals surface area contributed by atoms with Crippen molar-refractivity contribution in [2.45, 2.75) is 6.61 Å². The molecule has 1 fully saturated rings. The lowest BCUT2D eigenvalue weighted by molar-refractivity contribution is -0.116. The van der Waals surface area contributed by atoms with Gasteiger partial charge in [0.05, 0.1) is 14.2 Å². The monoisotopic (exact) mass is 421 g/mol. The van der Waals surface area contributed by atoms with Crippen LogP contribution >= 0.6 is 0 Å². The fourth-order valence-corrected chi connectivity index (χ4v) is 3.09. The molecule has 1 aliphatic rings. The summed E-state index contributed by atoms with van der Waals surface area (Å²) in [7, 11) is 3.03. The summed E-state index contributed by atoms with van der Waals surface area (Å²) in [5.41, 5.74) is 0.916. The molecule has 1 N–H and O–H groups in total. The number of methoxy groups -OCH3 is 2. The van der Waals surface area contributed by atoms with Crippen LogP contribution in [0.5, 0.6) is 17.2 Å². The minimum atomic E-state index is -2.96. The molecule has 1 aliphatic heterocycles. The minimum absolute atomic E-state index is 0.0697. The van der Waals surface area contributed by atoms with Gasteiger partial charge in [0, 0.05) is 36.6 Å². The van der Waals surface area contributed by atoms with Gasteiger partial charge in [-0.2, -0.15) is 8.78 Å². The Morgan fingerprint density at radius 2 is 1.87 bits per heavy atom. The lowest BCUT2D eigenvalue weighted by Gasteiger charge is -2.19. The molecular weight excluding hydrogens is 400 g/mol. The predicted molar refractivity (Wildman–Crippen MR) is 106 cm³/mol. The third-order valence-corrected chi connectivity index (χ3v) is 4.45. The molecule has 2 aromatic rings. The van der Waals surface area contributed by atoms with Crippen molar-refractivity contribution < 1.29 is 32.6 Å². The van der Waals surface area contributed by atoms with Gasteiger partial charge >= 0.3 is 12.6 Å². The summed E-state index contributed by atoms with van der Waals surface area (Å²) in [4.78, 5) is 28.0. The van der Waals surface area contributed by atoms with E-state index in [9.17, 15) is 18.4 Å². The van der Waals surface area contributed by atoms with Crippen molar-refractivity contribution in [1.82, 2.24) is 4.90 Å². The highest BCUT2D eigenvalue weighted by molar-refractivity contribution is 5.99. The van der Waals surface area contributed by atoms with E-state index in [4.69, 9.17) is 9.47 Å². The molecule has 2 aromatic carbocycles. The maximum atomic E-state index is 12.7. The standard InChI is InChI=1S/C20H21F2N3O5/c1-28-16-7-6-14(11-17(16)29-2)25-9-8-24(20(25)27)12-18(26)23-13-4-3-5-15(10-13)30-19(21)22/h3-7,10-11,19H,8-9,12H2,1-2H3,(H,23,26). The van der Waals surface area contributed by atoms with Crippen molar-refractivity contribution in [2.24, 2.45) is 0 Å². The second-order valence-electron chi connectivity index (χ2n) is 6.35. The number of amides is 3. The number of alkyl halides is 2. The number of carbonyl (C=O) groups is 2. The van der Waals surface area contributed by atoms with Crippen LogP contribution in [-0.4, -0.2) is 57.3 Å². The van der Waals surface area contributed by atoms with E-state index >= 15 is 0 Å². The average molecular weight is 421 g/mol. The van der Waals surface area contributed by atoms with Gasteiger partial charge in [-0.1, -0.05) is 6.07 Å². The van der Waals surface area contributed by atoms with Crippen LogP contribution in [0.4, 0.5) is 25.0 Å². The largest absolute Gasteiger partial charge is 0.493 e. The molecule has 0 radical (unpaired) electrons. The van der Waals surface area contributed by atoms with Gasteiger partial charge in [0.15, 0.2) is 11.5 Å². The second-order valence-corrected chi connectivity index (χ2v) is 6.35. The first-order valence-electron chi connectivity index (χ1n) is 9.04. The number of ether oxygens (including phenoxy) is 3. The fraction of sp³-hybridized carbons (Fsp3) is 0.300. The summed E-state index contributed by atoms with van der Waals surface area (Å²) in [6.45, 7) is -2.38. The summed E-state index contributed by atoms with van der Waals surface area (Å²) in [6.07, 6.45) is 0. The van der Waals surface area contributed by atoms with Crippen molar-refractivity contribution in [2.75, 3.05) is 44.1 Å². The summed E-state index contributed by atoms with van der Waals surface area (Å²) < 4.78 is 39.4. The van der Waals surface area contributed by atoms with E-state index in [1.54, 1.807) is 18.2 Å². The fourth-order valence-electron chi connectivity index (χ4n) is 3.09. The summed E-state index contributed by atoms with van der Waals surface area (Å²) in [5, 5.41) is 2.58. The zero-order chi connectivity index (χ0) is 21.7. The van der Waals surface area contributed by atoms with Crippen molar-refractivity contribution in [3.63, 3.8) is 0 Å². The van der Waals surface area contributed by atoms with Crippen molar-refractivity contribution >= 4 is 23.3 Å². The van der Waals surface area contributed by atoms with Gasteiger partial charge in [0.1, 0.15) is 12.3 Å². The Morgan fingerprint density at radius 1 is 1.10 bits per heavy atom. The van der Waals surface area contributed by atoms with Gasteiger partial charge in [0.2, 0.25) is 5.91 Å². The predicted octanol–water partition coefficient (Wildman–Crippen LogP) is 3.19. The number of rotatable bonds is 8. The molecule has 1 heterocycles. The van der Waals surface area contributed by atoms with E-state index in [0.29, 0.717) is 36.0 Å². The van der Waals surface area contributed by atoms with Crippen LogP contribution in [0.15, 0.2) is 42.5 Å². The van der Waals surface area contributed by atoms with Crippen LogP contribution in [0.1, 0.15) is 0 Å². The number of carbonyl (C=O) groups excluding carboxylic acids is 2. The van der Waals surface area contributed by atoms with Crippen molar-refractivity contribution in [1.29, 1.82) is 0 Å². The molecular formula is C20H21F2N3O5. The summed E-state index contributed by atoms with van der Waals surface area (Å²) in [6, 6.07) is 10.5. The van der Waals surface area contributed by atoms with E-state index in [0.717, 1.165) is 0 Å². The molecule has 10 heteroatoms. The number of anilines is 2. The number of hydrogen-bond acceptors (Lipinski definition) is 5. The Kier molecular flexibility index (Phi) is 6.55. The quantitative estimate of drug-likeness (QED) is 0.708. The third kappa shape index (κ3) is 4.88. The Labute approximate surface area is 171 Å². The van der Waals surface area contributed by atoms with Gasteiger partial charge in [-0.3, -0.25) is 9.69 Å². The number of benzene rings is 2. The second kappa shape index (κ2) is 9.29. The van der Waals surface area contributed by atoms with Crippen LogP contribution in [0.3, 0.4) is 0 Å². The molecule has 1 saturated heterocycles. The lowest BCUT2D eigenvalue weighted by Crippen LogP contribution is -2.37. The van der Waals surface area contributed by atoms with Gasteiger partial charge in [-0.25, -0.2) is 4.79 Å². The van der Waals surface area contributed by atoms with Gasteiger partial charge in [0.25, 0.3) is 0 Å². The van der Waals surface area contributed by atoms with Crippen LogP contribution < -0.4 is 24.4 Å². The first kappa shape index (κ1) is 21.2. The van der Waals surface area contributed by atoms with E-state index < -0.39 is 12.5 Å². The topological polar surface area (TPSA) is 80.3 Å². The molecule has 160 valence electrons. The van der Waals surface area contributed by atoms with Gasteiger partial charge in [-0.05, 0) is 24.3 Å². The minimum Gasteiger partial charge on any atom is -0.493 e. The molecule has 3 amide bonds. The summed E-state index contributed by atoms with van der Waals surface area (Å²) in [5.74, 6) is 0.512. The van der Waals surface area contributed by atoms with E-state index in [1.165, 1.54) is 48.3 Å². The molecule has 8 nitrogen and oxygen atoms in total. The Morgan fingerprint density at radius 3 is 2.57 bits per heavy atom. The molecule has 30 heavy (non-hydrogen) atoms. The molecule has 0 spiro atoms. The average Bonchev–Trinajstić information content (AvgIpc) is 3.07. The Balaban J connectivity index is 1.62. The normalized spacial score (nSPS) is 13.6. The number of nitrogens with zero attached hydrogens (tertiary/aromatic N) is 2. The highest BCUT2D eigenvalue weighted by atomic mass is 19.3. The number of nitrogens with one attached hydrogen (secondary N) is 1.